The van der Waals surface area contributed by atoms with E-state index >= 15 is 0 Å². The first kappa shape index (κ1) is 15.9. The Kier molecular flexibility index (Phi) is 3.63. The zero-order valence-corrected chi connectivity index (χ0v) is 14.2. The lowest BCUT2D eigenvalue weighted by molar-refractivity contribution is -0.109. The Labute approximate surface area is 145 Å². The normalized spacial score (nSPS) is 18.7. The molecule has 1 aromatic heterocycles. The van der Waals surface area contributed by atoms with Crippen molar-refractivity contribution < 1.29 is 23.6 Å². The van der Waals surface area contributed by atoms with E-state index in [0.717, 1.165) is 11.8 Å². The van der Waals surface area contributed by atoms with E-state index in [4.69, 9.17) is 14.0 Å². The van der Waals surface area contributed by atoms with Gasteiger partial charge in [-0.3, -0.25) is 4.79 Å². The van der Waals surface area contributed by atoms with Crippen LogP contribution in [0.5, 0.6) is 11.5 Å². The Morgan fingerprint density at radius 1 is 1.24 bits per heavy atom. The van der Waals surface area contributed by atoms with Crippen molar-refractivity contribution in [2.45, 2.75) is 39.0 Å². The van der Waals surface area contributed by atoms with Gasteiger partial charge in [-0.15, -0.1) is 0 Å². The fraction of sp³-hybridized carbons (Fsp3) is 0.421. The van der Waals surface area contributed by atoms with Crippen LogP contribution in [0.3, 0.4) is 0 Å². The van der Waals surface area contributed by atoms with Crippen LogP contribution in [0.1, 0.15) is 53.6 Å². The summed E-state index contributed by atoms with van der Waals surface area (Å²) < 4.78 is 16.1. The van der Waals surface area contributed by atoms with Crippen LogP contribution in [-0.4, -0.2) is 24.0 Å². The van der Waals surface area contributed by atoms with Crippen molar-refractivity contribution >= 4 is 12.1 Å². The number of carbonyl (C=O) groups excluding carboxylic acids is 2. The quantitative estimate of drug-likeness (QED) is 0.795. The molecule has 1 aliphatic heterocycles. The standard InChI is InChI=1S/C19H19NO5/c1-19(2)7-14(22)18-13(20-25-17(18)8-19)5-12(9-21)11-3-4-15-16(6-11)24-10-23-15/h3-4,6,9,12H,5,7-8,10H2,1-2H3. The maximum atomic E-state index is 12.5. The summed E-state index contributed by atoms with van der Waals surface area (Å²) in [5.74, 6) is 1.55. The maximum Gasteiger partial charge on any atom is 0.231 e. The number of carbonyl (C=O) groups is 2. The predicted octanol–water partition coefficient (Wildman–Crippen LogP) is 3.08. The Bertz CT molecular complexity index is 851. The lowest BCUT2D eigenvalue weighted by Gasteiger charge is -2.26. The van der Waals surface area contributed by atoms with Gasteiger partial charge in [-0.2, -0.15) is 0 Å². The number of Topliss-reactive ketones (excluding diaryl/α,β-unsaturated/α-hetero) is 1. The van der Waals surface area contributed by atoms with Crippen LogP contribution in [0.25, 0.3) is 0 Å². The monoisotopic (exact) mass is 341 g/mol. The van der Waals surface area contributed by atoms with Crippen LogP contribution < -0.4 is 9.47 Å². The van der Waals surface area contributed by atoms with Crippen molar-refractivity contribution in [3.05, 3.63) is 40.8 Å². The molecular weight excluding hydrogens is 322 g/mol. The van der Waals surface area contributed by atoms with Crippen molar-refractivity contribution in [1.29, 1.82) is 0 Å². The van der Waals surface area contributed by atoms with E-state index in [0.29, 0.717) is 47.8 Å². The molecule has 0 saturated heterocycles. The molecule has 0 N–H and O–H groups in total. The molecular formula is C19H19NO5. The average Bonchev–Trinajstić information content (AvgIpc) is 3.17. The number of hydrogen-bond acceptors (Lipinski definition) is 6. The minimum atomic E-state index is -0.425. The molecule has 0 radical (unpaired) electrons. The van der Waals surface area contributed by atoms with Crippen LogP contribution in [0.15, 0.2) is 22.7 Å². The minimum absolute atomic E-state index is 0.0397. The van der Waals surface area contributed by atoms with Crippen molar-refractivity contribution in [3.63, 3.8) is 0 Å². The van der Waals surface area contributed by atoms with Crippen molar-refractivity contribution in [3.8, 4) is 11.5 Å². The van der Waals surface area contributed by atoms with Gasteiger partial charge in [0.05, 0.1) is 11.3 Å². The molecule has 0 bridgehead atoms. The molecule has 1 atom stereocenters. The van der Waals surface area contributed by atoms with Gasteiger partial charge in [0, 0.05) is 25.2 Å². The number of hydrogen-bond donors (Lipinski definition) is 0. The Morgan fingerprint density at radius 3 is 2.84 bits per heavy atom. The first-order valence-corrected chi connectivity index (χ1v) is 8.32. The number of benzene rings is 1. The third-order valence-corrected chi connectivity index (χ3v) is 4.79. The summed E-state index contributed by atoms with van der Waals surface area (Å²) in [6.45, 7) is 4.26. The molecule has 0 saturated carbocycles. The van der Waals surface area contributed by atoms with Gasteiger partial charge in [-0.05, 0) is 23.1 Å². The van der Waals surface area contributed by atoms with Crippen LogP contribution in [-0.2, 0) is 17.6 Å². The highest BCUT2D eigenvalue weighted by Crippen LogP contribution is 2.38. The number of aldehydes is 1. The molecule has 1 unspecified atom stereocenters. The fourth-order valence-corrected chi connectivity index (χ4v) is 3.56. The van der Waals surface area contributed by atoms with Crippen LogP contribution in [0, 0.1) is 5.41 Å². The molecule has 0 spiro atoms. The topological polar surface area (TPSA) is 78.6 Å². The van der Waals surface area contributed by atoms with E-state index < -0.39 is 5.92 Å². The van der Waals surface area contributed by atoms with Gasteiger partial charge in [0.25, 0.3) is 0 Å². The third kappa shape index (κ3) is 2.81. The summed E-state index contributed by atoms with van der Waals surface area (Å²) in [6, 6.07) is 5.43. The molecule has 4 rings (SSSR count). The zero-order valence-electron chi connectivity index (χ0n) is 14.2. The van der Waals surface area contributed by atoms with Crippen molar-refractivity contribution in [2.24, 2.45) is 5.41 Å². The average molecular weight is 341 g/mol. The molecule has 130 valence electrons. The number of rotatable bonds is 4. The molecule has 6 heteroatoms. The lowest BCUT2D eigenvalue weighted by atomic mass is 9.75. The molecule has 6 nitrogen and oxygen atoms in total. The molecule has 25 heavy (non-hydrogen) atoms. The van der Waals surface area contributed by atoms with Gasteiger partial charge >= 0.3 is 0 Å². The Hall–Kier alpha value is -2.63. The molecule has 2 heterocycles. The van der Waals surface area contributed by atoms with Gasteiger partial charge in [-0.25, -0.2) is 0 Å². The largest absolute Gasteiger partial charge is 0.454 e. The summed E-state index contributed by atoms with van der Waals surface area (Å²) in [5, 5.41) is 4.09. The Balaban J connectivity index is 1.62. The fourth-order valence-electron chi connectivity index (χ4n) is 3.56. The molecule has 1 aliphatic carbocycles. The second-order valence-corrected chi connectivity index (χ2v) is 7.43. The SMILES string of the molecule is CC1(C)CC(=O)c2c(CC(C=O)c3ccc4c(c3)OCO4)noc2C1. The first-order chi connectivity index (χ1) is 12.0. The van der Waals surface area contributed by atoms with E-state index in [1.54, 1.807) is 12.1 Å². The number of ether oxygens (including phenoxy) is 2. The van der Waals surface area contributed by atoms with Gasteiger partial charge in [0.1, 0.15) is 12.0 Å². The van der Waals surface area contributed by atoms with Crippen LogP contribution >= 0.6 is 0 Å². The van der Waals surface area contributed by atoms with E-state index in [9.17, 15) is 9.59 Å². The van der Waals surface area contributed by atoms with E-state index in [-0.39, 0.29) is 18.0 Å². The van der Waals surface area contributed by atoms with Gasteiger partial charge in [-0.1, -0.05) is 25.1 Å². The molecule has 2 aliphatic rings. The molecule has 0 amide bonds. The lowest BCUT2D eigenvalue weighted by Crippen LogP contribution is -2.26. The number of fused-ring (bicyclic) bond motifs is 2. The summed E-state index contributed by atoms with van der Waals surface area (Å²) in [6.07, 6.45) is 2.34. The van der Waals surface area contributed by atoms with E-state index in [1.807, 2.05) is 19.9 Å². The molecule has 1 aromatic carbocycles. The predicted molar refractivity (Wildman–Crippen MR) is 88.0 cm³/mol. The minimum Gasteiger partial charge on any atom is -0.454 e. The highest BCUT2D eigenvalue weighted by Gasteiger charge is 2.36. The van der Waals surface area contributed by atoms with Crippen molar-refractivity contribution in [1.82, 2.24) is 5.16 Å². The second kappa shape index (κ2) is 5.72. The van der Waals surface area contributed by atoms with Crippen LogP contribution in [0.4, 0.5) is 0 Å². The maximum absolute atomic E-state index is 12.5. The number of ketones is 1. The summed E-state index contributed by atoms with van der Waals surface area (Å²) in [4.78, 5) is 24.2. The van der Waals surface area contributed by atoms with Crippen LogP contribution in [0.2, 0.25) is 0 Å². The Morgan fingerprint density at radius 2 is 2.04 bits per heavy atom. The smallest absolute Gasteiger partial charge is 0.231 e. The highest BCUT2D eigenvalue weighted by molar-refractivity contribution is 5.99. The van der Waals surface area contributed by atoms with Crippen molar-refractivity contribution in [2.75, 3.05) is 6.79 Å². The van der Waals surface area contributed by atoms with Gasteiger partial charge in [0.15, 0.2) is 17.3 Å². The van der Waals surface area contributed by atoms with Gasteiger partial charge < -0.3 is 18.8 Å². The summed E-state index contributed by atoms with van der Waals surface area (Å²) in [5.41, 5.74) is 1.80. The van der Waals surface area contributed by atoms with E-state index in [2.05, 4.69) is 5.16 Å². The number of nitrogens with zero attached hydrogens (tertiary/aromatic N) is 1. The second-order valence-electron chi connectivity index (χ2n) is 7.43. The summed E-state index contributed by atoms with van der Waals surface area (Å²) >= 11 is 0. The third-order valence-electron chi connectivity index (χ3n) is 4.79. The summed E-state index contributed by atoms with van der Waals surface area (Å²) in [7, 11) is 0. The van der Waals surface area contributed by atoms with E-state index in [1.165, 1.54) is 0 Å². The molecule has 0 fully saturated rings. The highest BCUT2D eigenvalue weighted by atomic mass is 16.7. The molecule has 2 aromatic rings. The van der Waals surface area contributed by atoms with Gasteiger partial charge in [0.2, 0.25) is 6.79 Å². The first-order valence-electron chi connectivity index (χ1n) is 8.32. The number of aromatic nitrogens is 1. The zero-order chi connectivity index (χ0) is 17.6.